The molecule has 0 bridgehead atoms. The van der Waals surface area contributed by atoms with Crippen LogP contribution in [0.15, 0.2) is 0 Å². The molecule has 1 fully saturated rings. The van der Waals surface area contributed by atoms with Gasteiger partial charge >= 0.3 is 6.03 Å². The number of rotatable bonds is 5. The molecule has 1 aliphatic heterocycles. The maximum Gasteiger partial charge on any atom is 0.317 e. The Labute approximate surface area is 121 Å². The highest BCUT2D eigenvalue weighted by Gasteiger charge is 2.23. The molecule has 0 aromatic rings. The fraction of sp³-hybridized carbons (Fsp3) is 0.833. The van der Waals surface area contributed by atoms with Crippen LogP contribution in [0.4, 0.5) is 4.79 Å². The Kier molecular flexibility index (Phi) is 9.34. The SMILES string of the molecule is CCNC(=O)N1CCN(C(=O)CCCNC)CC1.Cl. The summed E-state index contributed by atoms with van der Waals surface area (Å²) in [5, 5.41) is 5.81. The first-order chi connectivity index (χ1) is 8.69. The lowest BCUT2D eigenvalue weighted by Gasteiger charge is -2.34. The topological polar surface area (TPSA) is 64.7 Å². The lowest BCUT2D eigenvalue weighted by molar-refractivity contribution is -0.132. The predicted octanol–water partition coefficient (Wildman–Crippen LogP) is 0.282. The second-order valence-corrected chi connectivity index (χ2v) is 4.41. The Bertz CT molecular complexity index is 281. The minimum Gasteiger partial charge on any atom is -0.339 e. The van der Waals surface area contributed by atoms with Gasteiger partial charge in [-0.2, -0.15) is 0 Å². The summed E-state index contributed by atoms with van der Waals surface area (Å²) < 4.78 is 0. The standard InChI is InChI=1S/C12H24N4O2.ClH/c1-3-14-12(18)16-9-7-15(8-10-16)11(17)5-4-6-13-2;/h13H,3-10H2,1-2H3,(H,14,18);1H. The largest absolute Gasteiger partial charge is 0.339 e. The van der Waals surface area contributed by atoms with Crippen LogP contribution in [0.25, 0.3) is 0 Å². The Balaban J connectivity index is 0.00000324. The number of urea groups is 1. The molecule has 0 aromatic heterocycles. The van der Waals surface area contributed by atoms with Crippen LogP contribution in [0.5, 0.6) is 0 Å². The Hall–Kier alpha value is -1.01. The van der Waals surface area contributed by atoms with Crippen molar-refractivity contribution >= 4 is 24.3 Å². The van der Waals surface area contributed by atoms with Gasteiger partial charge in [-0.15, -0.1) is 12.4 Å². The molecule has 1 saturated heterocycles. The zero-order chi connectivity index (χ0) is 13.4. The summed E-state index contributed by atoms with van der Waals surface area (Å²) in [6, 6.07) is -0.0280. The van der Waals surface area contributed by atoms with E-state index in [1.807, 2.05) is 18.9 Å². The zero-order valence-corrected chi connectivity index (χ0v) is 12.6. The summed E-state index contributed by atoms with van der Waals surface area (Å²) in [7, 11) is 1.88. The smallest absolute Gasteiger partial charge is 0.317 e. The molecular weight excluding hydrogens is 268 g/mol. The van der Waals surface area contributed by atoms with Crippen molar-refractivity contribution in [2.24, 2.45) is 0 Å². The van der Waals surface area contributed by atoms with Crippen molar-refractivity contribution in [3.63, 3.8) is 0 Å². The molecule has 2 N–H and O–H groups in total. The van der Waals surface area contributed by atoms with Crippen molar-refractivity contribution in [3.05, 3.63) is 0 Å². The number of nitrogens with zero attached hydrogens (tertiary/aromatic N) is 2. The third-order valence-electron chi connectivity index (χ3n) is 3.07. The van der Waals surface area contributed by atoms with Gasteiger partial charge in [-0.25, -0.2) is 4.79 Å². The molecule has 0 unspecified atom stereocenters. The summed E-state index contributed by atoms with van der Waals surface area (Å²) in [4.78, 5) is 27.1. The van der Waals surface area contributed by atoms with E-state index in [4.69, 9.17) is 0 Å². The van der Waals surface area contributed by atoms with Gasteiger partial charge in [0.05, 0.1) is 0 Å². The van der Waals surface area contributed by atoms with Gasteiger partial charge in [0.1, 0.15) is 0 Å². The van der Waals surface area contributed by atoms with Crippen LogP contribution in [0.1, 0.15) is 19.8 Å². The average Bonchev–Trinajstić information content (AvgIpc) is 2.39. The Morgan fingerprint density at radius 3 is 2.21 bits per heavy atom. The van der Waals surface area contributed by atoms with Gasteiger partial charge in [-0.05, 0) is 26.9 Å². The van der Waals surface area contributed by atoms with Crippen LogP contribution in [-0.2, 0) is 4.79 Å². The fourth-order valence-electron chi connectivity index (χ4n) is 2.00. The quantitative estimate of drug-likeness (QED) is 0.716. The van der Waals surface area contributed by atoms with Gasteiger partial charge in [-0.1, -0.05) is 0 Å². The molecule has 0 spiro atoms. The third-order valence-corrected chi connectivity index (χ3v) is 3.07. The lowest BCUT2D eigenvalue weighted by atomic mass is 10.2. The average molecular weight is 293 g/mol. The first-order valence-corrected chi connectivity index (χ1v) is 6.64. The van der Waals surface area contributed by atoms with Gasteiger partial charge in [0.2, 0.25) is 5.91 Å². The van der Waals surface area contributed by atoms with E-state index >= 15 is 0 Å². The second-order valence-electron chi connectivity index (χ2n) is 4.41. The van der Waals surface area contributed by atoms with Gasteiger partial charge in [-0.3, -0.25) is 4.79 Å². The molecule has 3 amide bonds. The minimum atomic E-state index is -0.0280. The van der Waals surface area contributed by atoms with Gasteiger partial charge < -0.3 is 20.4 Å². The van der Waals surface area contributed by atoms with E-state index in [0.717, 1.165) is 13.0 Å². The molecule has 1 aliphatic rings. The van der Waals surface area contributed by atoms with Gasteiger partial charge in [0, 0.05) is 39.1 Å². The highest BCUT2D eigenvalue weighted by Crippen LogP contribution is 2.05. The Morgan fingerprint density at radius 2 is 1.68 bits per heavy atom. The lowest BCUT2D eigenvalue weighted by Crippen LogP contribution is -2.53. The van der Waals surface area contributed by atoms with E-state index in [1.54, 1.807) is 4.90 Å². The number of piperazine rings is 1. The normalized spacial score (nSPS) is 14.8. The van der Waals surface area contributed by atoms with Gasteiger partial charge in [0.15, 0.2) is 0 Å². The first kappa shape index (κ1) is 18.0. The summed E-state index contributed by atoms with van der Waals surface area (Å²) in [6.07, 6.45) is 1.45. The molecule has 7 heteroatoms. The number of hydrogen-bond acceptors (Lipinski definition) is 3. The van der Waals surface area contributed by atoms with Crippen LogP contribution in [0, 0.1) is 0 Å². The number of amides is 3. The van der Waals surface area contributed by atoms with Crippen molar-refractivity contribution < 1.29 is 9.59 Å². The molecule has 0 atom stereocenters. The first-order valence-electron chi connectivity index (χ1n) is 6.64. The summed E-state index contributed by atoms with van der Waals surface area (Å²) in [6.45, 7) is 5.96. The highest BCUT2D eigenvalue weighted by molar-refractivity contribution is 5.85. The number of halogens is 1. The number of hydrogen-bond donors (Lipinski definition) is 2. The number of carbonyl (C=O) groups excluding carboxylic acids is 2. The van der Waals surface area contributed by atoms with Crippen LogP contribution in [-0.4, -0.2) is 68.1 Å². The van der Waals surface area contributed by atoms with Crippen LogP contribution < -0.4 is 10.6 Å². The molecule has 6 nitrogen and oxygen atoms in total. The summed E-state index contributed by atoms with van der Waals surface area (Å²) in [5.74, 6) is 0.195. The van der Waals surface area contributed by atoms with Crippen molar-refractivity contribution in [2.75, 3.05) is 46.3 Å². The van der Waals surface area contributed by atoms with Crippen LogP contribution in [0.3, 0.4) is 0 Å². The molecule has 1 rings (SSSR count). The number of carbonyl (C=O) groups is 2. The molecule has 0 aromatic carbocycles. The van der Waals surface area contributed by atoms with Gasteiger partial charge in [0.25, 0.3) is 0 Å². The summed E-state index contributed by atoms with van der Waals surface area (Å²) >= 11 is 0. The molecular formula is C12H25ClN4O2. The fourth-order valence-corrected chi connectivity index (χ4v) is 2.00. The van der Waals surface area contributed by atoms with E-state index in [-0.39, 0.29) is 24.3 Å². The van der Waals surface area contributed by atoms with E-state index in [9.17, 15) is 9.59 Å². The maximum absolute atomic E-state index is 11.9. The molecule has 0 radical (unpaired) electrons. The molecule has 0 saturated carbocycles. The van der Waals surface area contributed by atoms with Crippen molar-refractivity contribution in [3.8, 4) is 0 Å². The van der Waals surface area contributed by atoms with Crippen LogP contribution >= 0.6 is 12.4 Å². The zero-order valence-electron chi connectivity index (χ0n) is 11.8. The highest BCUT2D eigenvalue weighted by atomic mass is 35.5. The number of nitrogens with one attached hydrogen (secondary N) is 2. The van der Waals surface area contributed by atoms with Crippen molar-refractivity contribution in [1.82, 2.24) is 20.4 Å². The molecule has 1 heterocycles. The van der Waals surface area contributed by atoms with E-state index < -0.39 is 0 Å². The molecule has 19 heavy (non-hydrogen) atoms. The van der Waals surface area contributed by atoms with E-state index in [1.165, 1.54) is 0 Å². The Morgan fingerprint density at radius 1 is 1.11 bits per heavy atom. The van der Waals surface area contributed by atoms with Crippen molar-refractivity contribution in [1.29, 1.82) is 0 Å². The second kappa shape index (κ2) is 9.86. The summed E-state index contributed by atoms with van der Waals surface area (Å²) in [5.41, 5.74) is 0. The molecule has 0 aliphatic carbocycles. The minimum absolute atomic E-state index is 0. The molecule has 112 valence electrons. The van der Waals surface area contributed by atoms with E-state index in [2.05, 4.69) is 10.6 Å². The third kappa shape index (κ3) is 6.11. The monoisotopic (exact) mass is 292 g/mol. The van der Waals surface area contributed by atoms with Crippen LogP contribution in [0.2, 0.25) is 0 Å². The predicted molar refractivity (Wildman–Crippen MR) is 77.6 cm³/mol. The maximum atomic E-state index is 11.9. The van der Waals surface area contributed by atoms with Crippen molar-refractivity contribution in [2.45, 2.75) is 19.8 Å². The van der Waals surface area contributed by atoms with E-state index in [0.29, 0.717) is 39.1 Å².